The van der Waals surface area contributed by atoms with E-state index in [0.717, 1.165) is 53.5 Å². The van der Waals surface area contributed by atoms with E-state index in [1.807, 2.05) is 27.7 Å². The fraction of sp³-hybridized carbons (Fsp3) is 0.579. The van der Waals surface area contributed by atoms with Crippen LogP contribution in [0.25, 0.3) is 0 Å². The Kier molecular flexibility index (Phi) is 5.46. The van der Waals surface area contributed by atoms with Crippen molar-refractivity contribution in [2.45, 2.75) is 46.7 Å². The monoisotopic (exact) mass is 371 g/mol. The number of aromatic amines is 1. The van der Waals surface area contributed by atoms with Crippen LogP contribution < -0.4 is 10.2 Å². The number of carbonyl (C=O) groups is 1. The van der Waals surface area contributed by atoms with E-state index in [1.54, 1.807) is 0 Å². The first-order valence-corrected chi connectivity index (χ1v) is 9.33. The predicted molar refractivity (Wildman–Crippen MR) is 105 cm³/mol. The normalized spacial score (nSPS) is 17.0. The number of nitrogens with one attached hydrogen (secondary N) is 2. The zero-order valence-corrected chi connectivity index (χ0v) is 17.1. The second-order valence-corrected chi connectivity index (χ2v) is 7.54. The lowest BCUT2D eigenvalue weighted by Crippen LogP contribution is -2.33. The van der Waals surface area contributed by atoms with Gasteiger partial charge in [-0.3, -0.25) is 9.89 Å². The Balaban J connectivity index is 1.77. The van der Waals surface area contributed by atoms with E-state index in [-0.39, 0.29) is 11.7 Å². The van der Waals surface area contributed by atoms with Crippen LogP contribution in [-0.4, -0.2) is 64.2 Å². The number of anilines is 1. The fourth-order valence-corrected chi connectivity index (χ4v) is 3.33. The summed E-state index contributed by atoms with van der Waals surface area (Å²) >= 11 is 0. The molecule has 2 N–H and O–H groups in total. The highest BCUT2D eigenvalue weighted by Gasteiger charge is 2.27. The van der Waals surface area contributed by atoms with Gasteiger partial charge in [0.2, 0.25) is 5.82 Å². The van der Waals surface area contributed by atoms with E-state index in [0.29, 0.717) is 12.6 Å². The van der Waals surface area contributed by atoms with Crippen LogP contribution in [0.1, 0.15) is 45.2 Å². The number of H-pyrrole nitrogens is 1. The lowest BCUT2D eigenvalue weighted by molar-refractivity contribution is 0.0939. The molecule has 2 aromatic rings. The summed E-state index contributed by atoms with van der Waals surface area (Å²) in [6, 6.07) is 0.503. The fourth-order valence-electron chi connectivity index (χ4n) is 3.33. The summed E-state index contributed by atoms with van der Waals surface area (Å²) in [6.07, 6.45) is 1.09. The van der Waals surface area contributed by atoms with Gasteiger partial charge in [0.1, 0.15) is 5.82 Å². The molecule has 0 spiro atoms. The lowest BCUT2D eigenvalue weighted by Gasteiger charge is -2.23. The third-order valence-electron chi connectivity index (χ3n) is 5.53. The summed E-state index contributed by atoms with van der Waals surface area (Å²) in [4.78, 5) is 26.2. The average Bonchev–Trinajstić information content (AvgIpc) is 3.24. The molecule has 3 heterocycles. The molecular weight excluding hydrogens is 342 g/mol. The number of aromatic nitrogens is 4. The van der Waals surface area contributed by atoms with Crippen molar-refractivity contribution in [1.29, 1.82) is 0 Å². The van der Waals surface area contributed by atoms with Crippen LogP contribution in [0.15, 0.2) is 0 Å². The highest BCUT2D eigenvalue weighted by atomic mass is 16.2. The van der Waals surface area contributed by atoms with E-state index in [9.17, 15) is 4.79 Å². The molecule has 27 heavy (non-hydrogen) atoms. The molecule has 0 unspecified atom stereocenters. The maximum atomic E-state index is 12.6. The van der Waals surface area contributed by atoms with E-state index in [4.69, 9.17) is 0 Å². The van der Waals surface area contributed by atoms with Crippen LogP contribution in [0.5, 0.6) is 0 Å². The number of likely N-dealkylation sites (N-methyl/N-ethyl adjacent to an activating group) is 1. The largest absolute Gasteiger partial charge is 0.355 e. The topological polar surface area (TPSA) is 90.0 Å². The molecule has 1 fully saturated rings. The van der Waals surface area contributed by atoms with Crippen LogP contribution in [-0.2, 0) is 6.54 Å². The van der Waals surface area contributed by atoms with Crippen molar-refractivity contribution in [1.82, 2.24) is 30.4 Å². The van der Waals surface area contributed by atoms with Crippen molar-refractivity contribution in [2.75, 3.05) is 32.1 Å². The third kappa shape index (κ3) is 3.95. The second-order valence-electron chi connectivity index (χ2n) is 7.54. The van der Waals surface area contributed by atoms with Gasteiger partial charge < -0.3 is 15.1 Å². The summed E-state index contributed by atoms with van der Waals surface area (Å²) in [5.41, 5.74) is 4.77. The minimum absolute atomic E-state index is 0.214. The first kappa shape index (κ1) is 19.3. The molecule has 8 nitrogen and oxygen atoms in total. The number of hydrogen-bond acceptors (Lipinski definition) is 6. The van der Waals surface area contributed by atoms with Gasteiger partial charge >= 0.3 is 0 Å². The van der Waals surface area contributed by atoms with Gasteiger partial charge in [0.25, 0.3) is 5.91 Å². The minimum atomic E-state index is -0.275. The van der Waals surface area contributed by atoms with Crippen molar-refractivity contribution in [3.05, 3.63) is 34.0 Å². The highest BCUT2D eigenvalue weighted by Crippen LogP contribution is 2.25. The van der Waals surface area contributed by atoms with Crippen LogP contribution in [0.4, 0.5) is 5.82 Å². The molecule has 1 saturated heterocycles. The molecule has 1 amide bonds. The van der Waals surface area contributed by atoms with Crippen LogP contribution in [0, 0.1) is 27.7 Å². The number of rotatable bonds is 5. The molecule has 1 aliphatic rings. The van der Waals surface area contributed by atoms with E-state index >= 15 is 0 Å². The van der Waals surface area contributed by atoms with Crippen molar-refractivity contribution >= 4 is 11.7 Å². The van der Waals surface area contributed by atoms with Crippen LogP contribution in [0.2, 0.25) is 0 Å². The standard InChI is InChI=1S/C19H29N7O/c1-11-14(4)23-24-16(11)9-20-19(27)17-21-13(3)12(2)18(22-17)26-8-7-15(10-26)25(5)6/h15H,7-10H2,1-6H3,(H,20,27)(H,23,24)/t15-/m1/s1. The number of nitrogens with zero attached hydrogens (tertiary/aromatic N) is 5. The lowest BCUT2D eigenvalue weighted by atomic mass is 10.2. The Bertz CT molecular complexity index is 843. The maximum absolute atomic E-state index is 12.6. The molecule has 0 aliphatic carbocycles. The molecule has 0 saturated carbocycles. The summed E-state index contributed by atoms with van der Waals surface area (Å²) < 4.78 is 0. The van der Waals surface area contributed by atoms with E-state index in [2.05, 4.69) is 49.4 Å². The maximum Gasteiger partial charge on any atom is 0.289 e. The summed E-state index contributed by atoms with van der Waals surface area (Å²) in [6.45, 7) is 10.1. The molecule has 1 aliphatic heterocycles. The Morgan fingerprint density at radius 3 is 2.56 bits per heavy atom. The summed E-state index contributed by atoms with van der Waals surface area (Å²) in [5.74, 6) is 0.804. The molecule has 0 bridgehead atoms. The van der Waals surface area contributed by atoms with Gasteiger partial charge in [-0.25, -0.2) is 9.97 Å². The Labute approximate surface area is 160 Å². The van der Waals surface area contributed by atoms with Gasteiger partial charge in [-0.15, -0.1) is 0 Å². The molecule has 0 aromatic carbocycles. The van der Waals surface area contributed by atoms with Crippen molar-refractivity contribution < 1.29 is 4.79 Å². The van der Waals surface area contributed by atoms with Crippen molar-refractivity contribution in [2.24, 2.45) is 0 Å². The predicted octanol–water partition coefficient (Wildman–Crippen LogP) is 1.50. The van der Waals surface area contributed by atoms with Crippen molar-refractivity contribution in [3.63, 3.8) is 0 Å². The molecule has 0 radical (unpaired) electrons. The average molecular weight is 371 g/mol. The smallest absolute Gasteiger partial charge is 0.289 e. The molecule has 8 heteroatoms. The first-order chi connectivity index (χ1) is 12.8. The summed E-state index contributed by atoms with van der Waals surface area (Å²) in [5, 5.41) is 10.0. The van der Waals surface area contributed by atoms with Gasteiger partial charge in [-0.2, -0.15) is 5.10 Å². The summed E-state index contributed by atoms with van der Waals surface area (Å²) in [7, 11) is 4.20. The number of aryl methyl sites for hydroxylation is 2. The molecular formula is C19H29N7O. The van der Waals surface area contributed by atoms with Gasteiger partial charge in [-0.05, 0) is 53.8 Å². The third-order valence-corrected chi connectivity index (χ3v) is 5.53. The highest BCUT2D eigenvalue weighted by molar-refractivity contribution is 5.91. The van der Waals surface area contributed by atoms with Crippen LogP contribution in [0.3, 0.4) is 0 Å². The quantitative estimate of drug-likeness (QED) is 0.828. The Morgan fingerprint density at radius 1 is 1.22 bits per heavy atom. The Morgan fingerprint density at radius 2 is 1.96 bits per heavy atom. The molecule has 146 valence electrons. The van der Waals surface area contributed by atoms with Crippen LogP contribution >= 0.6 is 0 Å². The first-order valence-electron chi connectivity index (χ1n) is 9.33. The SMILES string of the molecule is Cc1nc(C(=O)NCc2n[nH]c(C)c2C)nc(N2CC[C@@H](N(C)C)C2)c1C. The molecule has 1 atom stereocenters. The zero-order valence-electron chi connectivity index (χ0n) is 17.1. The Hall–Kier alpha value is -2.48. The van der Waals surface area contributed by atoms with Gasteiger partial charge in [-0.1, -0.05) is 0 Å². The second kappa shape index (κ2) is 7.64. The van der Waals surface area contributed by atoms with Gasteiger partial charge in [0, 0.05) is 36.1 Å². The number of hydrogen-bond donors (Lipinski definition) is 2. The molecule has 2 aromatic heterocycles. The van der Waals surface area contributed by atoms with Gasteiger partial charge in [0.05, 0.1) is 12.2 Å². The van der Waals surface area contributed by atoms with Gasteiger partial charge in [0.15, 0.2) is 0 Å². The number of amides is 1. The minimum Gasteiger partial charge on any atom is -0.355 e. The number of carbonyl (C=O) groups excluding carboxylic acids is 1. The zero-order chi connectivity index (χ0) is 19.7. The van der Waals surface area contributed by atoms with Crippen molar-refractivity contribution in [3.8, 4) is 0 Å². The van der Waals surface area contributed by atoms with E-state index < -0.39 is 0 Å². The van der Waals surface area contributed by atoms with E-state index in [1.165, 1.54) is 0 Å². The molecule has 3 rings (SSSR count).